The van der Waals surface area contributed by atoms with Crippen LogP contribution in [0.25, 0.3) is 0 Å². The van der Waals surface area contributed by atoms with Crippen molar-refractivity contribution >= 4 is 17.5 Å². The fourth-order valence-electron chi connectivity index (χ4n) is 1.55. The van der Waals surface area contributed by atoms with Crippen LogP contribution in [0.4, 0.5) is 11.6 Å². The van der Waals surface area contributed by atoms with Crippen LogP contribution >= 0.6 is 0 Å². The molecule has 0 fully saturated rings. The van der Waals surface area contributed by atoms with Crippen molar-refractivity contribution in [3.63, 3.8) is 0 Å². The average Bonchev–Trinajstić information content (AvgIpc) is 2.85. The van der Waals surface area contributed by atoms with Crippen LogP contribution in [-0.2, 0) is 0 Å². The second-order valence-electron chi connectivity index (χ2n) is 4.36. The number of carbonyl (C=O) groups is 1. The third-order valence-corrected chi connectivity index (χ3v) is 2.60. The maximum absolute atomic E-state index is 11.7. The molecule has 0 bridgehead atoms. The molecule has 0 aliphatic heterocycles. The highest BCUT2D eigenvalue weighted by atomic mass is 16.5. The molecule has 0 aliphatic carbocycles. The minimum Gasteiger partial charge on any atom is -0.360 e. The Hall–Kier alpha value is -2.44. The number of nitrogens with one attached hydrogen (secondary N) is 2. The molecule has 0 spiro atoms. The fraction of sp³-hybridized carbons (Fsp3) is 0.385. The van der Waals surface area contributed by atoms with Gasteiger partial charge < -0.3 is 15.2 Å². The number of hydrogen-bond donors (Lipinski definition) is 2. The summed E-state index contributed by atoms with van der Waals surface area (Å²) in [6, 6.07) is 5.03. The summed E-state index contributed by atoms with van der Waals surface area (Å²) in [5, 5.41) is 17.3. The van der Waals surface area contributed by atoms with E-state index in [-0.39, 0.29) is 5.91 Å². The van der Waals surface area contributed by atoms with Crippen LogP contribution in [0.15, 0.2) is 22.7 Å². The van der Waals surface area contributed by atoms with Gasteiger partial charge in [0.2, 0.25) is 0 Å². The first-order chi connectivity index (χ1) is 9.69. The highest BCUT2D eigenvalue weighted by Gasteiger charge is 2.08. The van der Waals surface area contributed by atoms with Gasteiger partial charge >= 0.3 is 0 Å². The molecule has 0 saturated heterocycles. The van der Waals surface area contributed by atoms with Crippen LogP contribution < -0.4 is 10.6 Å². The number of anilines is 2. The van der Waals surface area contributed by atoms with Crippen LogP contribution in [0.3, 0.4) is 0 Å². The third kappa shape index (κ3) is 3.78. The third-order valence-electron chi connectivity index (χ3n) is 2.60. The lowest BCUT2D eigenvalue weighted by atomic mass is 10.3. The van der Waals surface area contributed by atoms with E-state index < -0.39 is 0 Å². The molecule has 2 aromatic heterocycles. The summed E-state index contributed by atoms with van der Waals surface area (Å²) in [4.78, 5) is 11.7. The second-order valence-corrected chi connectivity index (χ2v) is 4.36. The summed E-state index contributed by atoms with van der Waals surface area (Å²) >= 11 is 0. The van der Waals surface area contributed by atoms with E-state index in [9.17, 15) is 4.79 Å². The van der Waals surface area contributed by atoms with E-state index in [4.69, 9.17) is 4.52 Å². The number of rotatable bonds is 6. The van der Waals surface area contributed by atoms with Crippen LogP contribution in [-0.4, -0.2) is 27.8 Å². The predicted molar refractivity (Wildman–Crippen MR) is 73.8 cm³/mol. The topological polar surface area (TPSA) is 92.9 Å². The first-order valence-electron chi connectivity index (χ1n) is 6.51. The van der Waals surface area contributed by atoms with Gasteiger partial charge in [-0.15, -0.1) is 10.2 Å². The number of hydrogen-bond acceptors (Lipinski definition) is 6. The molecule has 2 aromatic rings. The molecule has 0 unspecified atom stereocenters. The summed E-state index contributed by atoms with van der Waals surface area (Å²) in [7, 11) is 0. The summed E-state index contributed by atoms with van der Waals surface area (Å²) in [6.45, 7) is 4.51. The molecule has 0 atom stereocenters. The fourth-order valence-corrected chi connectivity index (χ4v) is 1.55. The van der Waals surface area contributed by atoms with Crippen molar-refractivity contribution in [2.45, 2.75) is 26.7 Å². The molecule has 0 radical (unpaired) electrons. The average molecular weight is 275 g/mol. The smallest absolute Gasteiger partial charge is 0.271 e. The molecule has 0 aliphatic rings. The van der Waals surface area contributed by atoms with Crippen LogP contribution in [0.1, 0.15) is 36.0 Å². The highest BCUT2D eigenvalue weighted by Crippen LogP contribution is 2.13. The van der Waals surface area contributed by atoms with Gasteiger partial charge in [0.15, 0.2) is 17.3 Å². The molecule has 0 aromatic carbocycles. The molecule has 7 heteroatoms. The first-order valence-corrected chi connectivity index (χ1v) is 6.51. The standard InChI is InChI=1S/C13H17N5O2/c1-3-4-7-14-13(19)10-5-6-11(17-16-10)15-12-8-9(2)20-18-12/h5-6,8H,3-4,7H2,1-2H3,(H,14,19)(H,15,17,18). The van der Waals surface area contributed by atoms with E-state index in [1.807, 2.05) is 0 Å². The van der Waals surface area contributed by atoms with E-state index in [0.717, 1.165) is 12.8 Å². The Morgan fingerprint density at radius 1 is 1.30 bits per heavy atom. The Morgan fingerprint density at radius 2 is 2.15 bits per heavy atom. The lowest BCUT2D eigenvalue weighted by Crippen LogP contribution is -2.25. The van der Waals surface area contributed by atoms with E-state index >= 15 is 0 Å². The second kappa shape index (κ2) is 6.65. The largest absolute Gasteiger partial charge is 0.360 e. The molecule has 20 heavy (non-hydrogen) atoms. The van der Waals surface area contributed by atoms with Crippen LogP contribution in [0.5, 0.6) is 0 Å². The Bertz CT molecular complexity index is 564. The Morgan fingerprint density at radius 3 is 2.75 bits per heavy atom. The van der Waals surface area contributed by atoms with Gasteiger partial charge in [0.05, 0.1) is 0 Å². The van der Waals surface area contributed by atoms with E-state index in [1.165, 1.54) is 0 Å². The van der Waals surface area contributed by atoms with Gasteiger partial charge in [-0.05, 0) is 25.5 Å². The van der Waals surface area contributed by atoms with Gasteiger partial charge in [0.25, 0.3) is 5.91 Å². The molecule has 2 rings (SSSR count). The predicted octanol–water partition coefficient (Wildman–Crippen LogP) is 2.05. The van der Waals surface area contributed by atoms with Crippen molar-refractivity contribution in [1.29, 1.82) is 0 Å². The van der Waals surface area contributed by atoms with Crippen LogP contribution in [0, 0.1) is 6.92 Å². The zero-order valence-corrected chi connectivity index (χ0v) is 11.5. The lowest BCUT2D eigenvalue weighted by Gasteiger charge is -2.04. The van der Waals surface area contributed by atoms with E-state index in [2.05, 4.69) is 32.9 Å². The monoisotopic (exact) mass is 275 g/mol. The highest BCUT2D eigenvalue weighted by molar-refractivity contribution is 5.92. The van der Waals surface area contributed by atoms with Gasteiger partial charge in [-0.3, -0.25) is 4.79 Å². The van der Waals surface area contributed by atoms with Crippen LogP contribution in [0.2, 0.25) is 0 Å². The number of aromatic nitrogens is 3. The van der Waals surface area contributed by atoms with Crippen molar-refractivity contribution < 1.29 is 9.32 Å². The minimum absolute atomic E-state index is 0.213. The van der Waals surface area contributed by atoms with Crippen molar-refractivity contribution in [1.82, 2.24) is 20.7 Å². The molecule has 7 nitrogen and oxygen atoms in total. The maximum atomic E-state index is 11.7. The number of aryl methyl sites for hydroxylation is 1. The number of carbonyl (C=O) groups excluding carboxylic acids is 1. The molecule has 106 valence electrons. The van der Waals surface area contributed by atoms with Crippen molar-refractivity contribution in [3.8, 4) is 0 Å². The lowest BCUT2D eigenvalue weighted by molar-refractivity contribution is 0.0947. The minimum atomic E-state index is -0.213. The van der Waals surface area contributed by atoms with Gasteiger partial charge in [0, 0.05) is 12.6 Å². The normalized spacial score (nSPS) is 10.3. The van der Waals surface area contributed by atoms with Gasteiger partial charge in [-0.1, -0.05) is 18.5 Å². The molecule has 2 heterocycles. The molecular formula is C13H17N5O2. The number of nitrogens with zero attached hydrogens (tertiary/aromatic N) is 3. The van der Waals surface area contributed by atoms with Gasteiger partial charge in [0.1, 0.15) is 5.76 Å². The SMILES string of the molecule is CCCCNC(=O)c1ccc(Nc2cc(C)on2)nn1. The van der Waals surface area contributed by atoms with Gasteiger partial charge in [-0.25, -0.2) is 0 Å². The molecule has 1 amide bonds. The zero-order chi connectivity index (χ0) is 14.4. The first kappa shape index (κ1) is 14.0. The van der Waals surface area contributed by atoms with E-state index in [1.54, 1.807) is 25.1 Å². The zero-order valence-electron chi connectivity index (χ0n) is 11.5. The molecule has 0 saturated carbocycles. The molecule has 2 N–H and O–H groups in total. The maximum Gasteiger partial charge on any atom is 0.271 e. The number of unbranched alkanes of at least 4 members (excludes halogenated alkanes) is 1. The summed E-state index contributed by atoms with van der Waals surface area (Å²) in [5.41, 5.74) is 0.294. The van der Waals surface area contributed by atoms with Gasteiger partial charge in [-0.2, -0.15) is 0 Å². The summed E-state index contributed by atoms with van der Waals surface area (Å²) in [5.74, 6) is 1.54. The van der Waals surface area contributed by atoms with Crippen molar-refractivity contribution in [3.05, 3.63) is 29.7 Å². The Balaban J connectivity index is 1.94. The summed E-state index contributed by atoms with van der Waals surface area (Å²) < 4.78 is 4.93. The van der Waals surface area contributed by atoms with Crippen molar-refractivity contribution in [2.75, 3.05) is 11.9 Å². The Kier molecular flexibility index (Phi) is 4.65. The number of amides is 1. The molecular weight excluding hydrogens is 258 g/mol. The quantitative estimate of drug-likeness (QED) is 0.784. The van der Waals surface area contributed by atoms with Crippen molar-refractivity contribution in [2.24, 2.45) is 0 Å². The van der Waals surface area contributed by atoms with E-state index in [0.29, 0.717) is 29.6 Å². The Labute approximate surface area is 116 Å². The summed E-state index contributed by atoms with van der Waals surface area (Å²) in [6.07, 6.45) is 1.98.